The molecule has 0 nitrogen and oxygen atoms in total. The fraction of sp³-hybridized carbons (Fsp3) is 0.250. The Kier molecular flexibility index (Phi) is 9.00. The molecule has 1 atom stereocenters. The Morgan fingerprint density at radius 1 is 1.00 bits per heavy atom. The van der Waals surface area contributed by atoms with Crippen molar-refractivity contribution in [3.05, 3.63) is 96.1 Å². The Labute approximate surface area is 194 Å². The molecule has 27 heavy (non-hydrogen) atoms. The van der Waals surface area contributed by atoms with Crippen LogP contribution in [0.5, 0.6) is 0 Å². The summed E-state index contributed by atoms with van der Waals surface area (Å²) in [6, 6.07) is 17.8. The van der Waals surface area contributed by atoms with Gasteiger partial charge in [0.05, 0.1) is 0 Å². The molecule has 0 amide bonds. The normalized spacial score (nSPS) is 16.0. The van der Waals surface area contributed by atoms with Crippen LogP contribution in [-0.2, 0) is 26.2 Å². The molecule has 0 fully saturated rings. The second-order valence-electron chi connectivity index (χ2n) is 7.12. The molecular formula is C24H23Cl2Zr. The third-order valence-corrected chi connectivity index (χ3v) is 5.81. The monoisotopic (exact) mass is 471 g/mol. The van der Waals surface area contributed by atoms with Gasteiger partial charge in [0.15, 0.2) is 0 Å². The van der Waals surface area contributed by atoms with Gasteiger partial charge < -0.3 is 31.4 Å². The van der Waals surface area contributed by atoms with Gasteiger partial charge in [-0.05, 0) is 35.1 Å². The average molecular weight is 474 g/mol. The first-order valence-corrected chi connectivity index (χ1v) is 8.83. The Morgan fingerprint density at radius 2 is 1.56 bits per heavy atom. The first-order valence-electron chi connectivity index (χ1n) is 8.83. The number of halogens is 2. The average Bonchev–Trinajstić information content (AvgIpc) is 3.26. The van der Waals surface area contributed by atoms with Crippen molar-refractivity contribution in [3.8, 4) is 11.1 Å². The first-order chi connectivity index (χ1) is 11.8. The number of rotatable bonds is 5. The van der Waals surface area contributed by atoms with Gasteiger partial charge in [-0.3, -0.25) is 6.08 Å². The maximum Gasteiger partial charge on any atom is 3.00 e. The van der Waals surface area contributed by atoms with Crippen LogP contribution >= 0.6 is 0 Å². The van der Waals surface area contributed by atoms with Crippen LogP contribution in [-0.4, -0.2) is 0 Å². The maximum absolute atomic E-state index is 5.76. The molecule has 2 aliphatic carbocycles. The molecule has 1 radical (unpaired) electrons. The molecule has 0 saturated heterocycles. The summed E-state index contributed by atoms with van der Waals surface area (Å²) in [7, 11) is 0. The standard InChI is InChI=1S/C24H23.2ClH.Zr/c1-3-4-17-24(2,18-11-5-6-12-18)23-21-15-9-7-13-19(21)20-14-8-10-16-22(20)23;;;/h1,3,5-11,13-16,23H,4,12,17H2,2H3;2*1H;/q-1;;;+3/p-2. The molecule has 2 aromatic rings. The minimum atomic E-state index is 0. The van der Waals surface area contributed by atoms with Crippen LogP contribution in [0.1, 0.15) is 43.2 Å². The van der Waals surface area contributed by atoms with Crippen LogP contribution < -0.4 is 24.8 Å². The van der Waals surface area contributed by atoms with Crippen molar-refractivity contribution in [1.82, 2.24) is 0 Å². The van der Waals surface area contributed by atoms with Crippen LogP contribution in [0.4, 0.5) is 0 Å². The minimum absolute atomic E-state index is 0. The molecule has 4 rings (SSSR count). The molecule has 3 heteroatoms. The van der Waals surface area contributed by atoms with Gasteiger partial charge in [-0.1, -0.05) is 85.7 Å². The summed E-state index contributed by atoms with van der Waals surface area (Å²) in [4.78, 5) is 0. The maximum atomic E-state index is 5.76. The number of benzene rings is 2. The van der Waals surface area contributed by atoms with Crippen molar-refractivity contribution < 1.29 is 51.0 Å². The molecule has 1 unspecified atom stereocenters. The van der Waals surface area contributed by atoms with E-state index in [-0.39, 0.29) is 56.4 Å². The van der Waals surface area contributed by atoms with Crippen LogP contribution in [0, 0.1) is 12.0 Å². The number of fused-ring (bicyclic) bond motifs is 3. The molecule has 0 spiro atoms. The van der Waals surface area contributed by atoms with Crippen molar-refractivity contribution in [2.45, 2.75) is 32.1 Å². The number of hydrogen-bond acceptors (Lipinski definition) is 0. The molecule has 0 saturated carbocycles. The summed E-state index contributed by atoms with van der Waals surface area (Å²) in [5.41, 5.74) is 7.33. The fourth-order valence-corrected chi connectivity index (χ4v) is 4.59. The Bertz CT molecular complexity index is 807. The quantitative estimate of drug-likeness (QED) is 0.554. The summed E-state index contributed by atoms with van der Waals surface area (Å²) in [5.74, 6) is 0.399. The van der Waals surface area contributed by atoms with Gasteiger partial charge in [0.25, 0.3) is 0 Å². The van der Waals surface area contributed by atoms with Crippen molar-refractivity contribution in [3.63, 3.8) is 0 Å². The third-order valence-electron chi connectivity index (χ3n) is 5.81. The fourth-order valence-electron chi connectivity index (χ4n) is 4.59. The number of allylic oxidation sites excluding steroid dienone is 5. The van der Waals surface area contributed by atoms with Gasteiger partial charge in [-0.2, -0.15) is 0 Å². The van der Waals surface area contributed by atoms with E-state index in [9.17, 15) is 0 Å². The Morgan fingerprint density at radius 3 is 2.04 bits per heavy atom. The van der Waals surface area contributed by atoms with Gasteiger partial charge in [-0.25, -0.2) is 0 Å². The van der Waals surface area contributed by atoms with E-state index in [0.717, 1.165) is 19.3 Å². The van der Waals surface area contributed by atoms with E-state index in [2.05, 4.69) is 73.7 Å². The zero-order valence-electron chi connectivity index (χ0n) is 15.5. The van der Waals surface area contributed by atoms with Gasteiger partial charge in [-0.15, -0.1) is 0 Å². The second kappa shape index (κ2) is 10.1. The van der Waals surface area contributed by atoms with E-state index < -0.39 is 0 Å². The van der Waals surface area contributed by atoms with E-state index in [0.29, 0.717) is 5.92 Å². The topological polar surface area (TPSA) is 0 Å². The first kappa shape index (κ1) is 24.2. The molecule has 0 N–H and O–H groups in total. The van der Waals surface area contributed by atoms with Crippen LogP contribution in [0.15, 0.2) is 78.4 Å². The summed E-state index contributed by atoms with van der Waals surface area (Å²) >= 11 is 0. The molecule has 0 heterocycles. The van der Waals surface area contributed by atoms with Crippen LogP contribution in [0.3, 0.4) is 0 Å². The largest absolute Gasteiger partial charge is 3.00 e. The predicted molar refractivity (Wildman–Crippen MR) is 102 cm³/mol. The minimum Gasteiger partial charge on any atom is -1.00 e. The second-order valence-corrected chi connectivity index (χ2v) is 7.12. The zero-order chi connectivity index (χ0) is 16.6. The molecule has 0 bridgehead atoms. The molecule has 2 aliphatic rings. The Balaban J connectivity index is 0.00000121. The smallest absolute Gasteiger partial charge is 1.00 e. The Hall–Kier alpha value is -0.877. The third kappa shape index (κ3) is 4.12. The van der Waals surface area contributed by atoms with E-state index in [1.165, 1.54) is 27.8 Å². The molecular weight excluding hydrogens is 450 g/mol. The van der Waals surface area contributed by atoms with Crippen molar-refractivity contribution in [2.75, 3.05) is 0 Å². The van der Waals surface area contributed by atoms with E-state index >= 15 is 0 Å². The molecule has 0 aliphatic heterocycles. The summed E-state index contributed by atoms with van der Waals surface area (Å²) in [5, 5.41) is 0. The van der Waals surface area contributed by atoms with Gasteiger partial charge in [0.2, 0.25) is 0 Å². The number of hydrogen-bond donors (Lipinski definition) is 0. The van der Waals surface area contributed by atoms with Crippen LogP contribution in [0.2, 0.25) is 0 Å². The summed E-state index contributed by atoms with van der Waals surface area (Å²) in [6.07, 6.45) is 11.7. The zero-order valence-corrected chi connectivity index (χ0v) is 19.4. The van der Waals surface area contributed by atoms with Gasteiger partial charge >= 0.3 is 26.2 Å². The van der Waals surface area contributed by atoms with Gasteiger partial charge in [0, 0.05) is 11.3 Å². The SMILES string of the molecule is [CH-]=CCCC(C)(C1=CC=CC1)C1c2ccccc2-c2ccccc21.[Cl-].[Cl-].[Zr+3]. The molecule has 2 aromatic carbocycles. The van der Waals surface area contributed by atoms with E-state index in [4.69, 9.17) is 6.58 Å². The van der Waals surface area contributed by atoms with E-state index in [1.807, 2.05) is 6.08 Å². The summed E-state index contributed by atoms with van der Waals surface area (Å²) in [6.45, 7) is 8.19. The van der Waals surface area contributed by atoms with Crippen molar-refractivity contribution in [1.29, 1.82) is 0 Å². The van der Waals surface area contributed by atoms with Crippen molar-refractivity contribution in [2.24, 2.45) is 5.41 Å². The van der Waals surface area contributed by atoms with E-state index in [1.54, 1.807) is 0 Å². The van der Waals surface area contributed by atoms with Crippen molar-refractivity contribution >= 4 is 0 Å². The molecule has 0 aromatic heterocycles. The van der Waals surface area contributed by atoms with Crippen LogP contribution in [0.25, 0.3) is 11.1 Å². The predicted octanol–water partition coefficient (Wildman–Crippen LogP) is 0.466. The molecule has 137 valence electrons. The summed E-state index contributed by atoms with van der Waals surface area (Å²) < 4.78 is 0. The van der Waals surface area contributed by atoms with Gasteiger partial charge in [0.1, 0.15) is 0 Å².